The number of oxazole rings is 1. The molecule has 3 atom stereocenters. The van der Waals surface area contributed by atoms with Crippen molar-refractivity contribution >= 4 is 27.6 Å². The maximum atomic E-state index is 13.9. The van der Waals surface area contributed by atoms with Crippen molar-refractivity contribution in [1.82, 2.24) is 9.29 Å². The Kier molecular flexibility index (Phi) is 8.65. The molecular formula is C27H30ClFN2O7S. The van der Waals surface area contributed by atoms with Gasteiger partial charge in [0.2, 0.25) is 15.9 Å². The van der Waals surface area contributed by atoms with Crippen molar-refractivity contribution in [1.29, 1.82) is 0 Å². The molecule has 1 aromatic heterocycles. The quantitative estimate of drug-likeness (QED) is 0.345. The molecule has 0 saturated heterocycles. The van der Waals surface area contributed by atoms with Crippen molar-refractivity contribution in [3.05, 3.63) is 82.3 Å². The number of sulfonamides is 1. The van der Waals surface area contributed by atoms with Gasteiger partial charge in [0.05, 0.1) is 36.5 Å². The molecule has 9 nitrogen and oxygen atoms in total. The number of aromatic nitrogens is 1. The Hall–Kier alpha value is -2.99. The van der Waals surface area contributed by atoms with Gasteiger partial charge >= 0.3 is 5.97 Å². The van der Waals surface area contributed by atoms with Crippen molar-refractivity contribution in [2.45, 2.75) is 50.3 Å². The van der Waals surface area contributed by atoms with E-state index in [1.807, 2.05) is 0 Å². The zero-order chi connectivity index (χ0) is 28.4. The lowest BCUT2D eigenvalue weighted by molar-refractivity contribution is 0.0516. The van der Waals surface area contributed by atoms with Crippen molar-refractivity contribution in [3.8, 4) is 5.75 Å². The maximum absolute atomic E-state index is 13.9. The number of ether oxygens (including phenoxy) is 2. The van der Waals surface area contributed by atoms with Crippen LogP contribution in [0.25, 0.3) is 0 Å². The first-order valence-corrected chi connectivity index (χ1v) is 14.6. The van der Waals surface area contributed by atoms with Crippen LogP contribution < -0.4 is 4.74 Å². The van der Waals surface area contributed by atoms with Crippen LogP contribution in [0.3, 0.4) is 0 Å². The summed E-state index contributed by atoms with van der Waals surface area (Å²) in [5.41, 5.74) is -0.249. The normalized spacial score (nSPS) is 20.2. The van der Waals surface area contributed by atoms with Crippen LogP contribution in [0, 0.1) is 5.82 Å². The summed E-state index contributed by atoms with van der Waals surface area (Å²) in [4.78, 5) is 16.6. The molecule has 210 valence electrons. The van der Waals surface area contributed by atoms with Crippen LogP contribution >= 0.6 is 11.6 Å². The zero-order valence-electron chi connectivity index (χ0n) is 21.8. The Morgan fingerprint density at radius 2 is 2.03 bits per heavy atom. The second-order valence-corrected chi connectivity index (χ2v) is 11.9. The van der Waals surface area contributed by atoms with Gasteiger partial charge in [-0.3, -0.25) is 0 Å². The number of aliphatic hydroxyl groups is 1. The standard InChI is InChI=1S/C27H30ClFN2O7S/c1-4-37-25(33)23-16-38-26(30-23)27(24(32)18-7-10-22(29)21(28)13-18)12-11-19(14-27)31(39(3,34)35)15-17-5-8-20(36-2)9-6-17/h5-10,13,16,19,24,32H,4,11-12,14-15H2,1-3H3/t19-,24+,27-/m0/s1. The number of carbonyl (C=O) groups is 1. The minimum Gasteiger partial charge on any atom is -0.497 e. The number of carbonyl (C=O) groups excluding carboxylic acids is 1. The summed E-state index contributed by atoms with van der Waals surface area (Å²) in [6, 6.07) is 10.4. The van der Waals surface area contributed by atoms with Crippen molar-refractivity contribution in [3.63, 3.8) is 0 Å². The van der Waals surface area contributed by atoms with E-state index in [2.05, 4.69) is 4.98 Å². The minimum absolute atomic E-state index is 0.0545. The number of rotatable bonds is 10. The van der Waals surface area contributed by atoms with Gasteiger partial charge in [-0.25, -0.2) is 22.6 Å². The predicted molar refractivity (Wildman–Crippen MR) is 142 cm³/mol. The molecule has 1 saturated carbocycles. The molecule has 1 aliphatic carbocycles. The van der Waals surface area contributed by atoms with E-state index in [1.54, 1.807) is 38.3 Å². The topological polar surface area (TPSA) is 119 Å². The van der Waals surface area contributed by atoms with E-state index in [1.165, 1.54) is 16.4 Å². The van der Waals surface area contributed by atoms with Gasteiger partial charge in [-0.1, -0.05) is 29.8 Å². The van der Waals surface area contributed by atoms with Gasteiger partial charge in [0.25, 0.3) is 0 Å². The van der Waals surface area contributed by atoms with E-state index in [4.69, 9.17) is 25.5 Å². The van der Waals surface area contributed by atoms with Gasteiger partial charge in [-0.2, -0.15) is 4.31 Å². The summed E-state index contributed by atoms with van der Waals surface area (Å²) in [5.74, 6) is -0.631. The van der Waals surface area contributed by atoms with Crippen molar-refractivity contribution in [2.75, 3.05) is 20.0 Å². The molecule has 0 amide bonds. The van der Waals surface area contributed by atoms with Crippen LogP contribution in [0.1, 0.15) is 59.8 Å². The van der Waals surface area contributed by atoms with Crippen molar-refractivity contribution in [2.24, 2.45) is 0 Å². The number of benzene rings is 2. The number of esters is 1. The van der Waals surface area contributed by atoms with Crippen LogP contribution in [0.5, 0.6) is 5.75 Å². The highest BCUT2D eigenvalue weighted by molar-refractivity contribution is 7.88. The monoisotopic (exact) mass is 580 g/mol. The van der Waals surface area contributed by atoms with E-state index in [0.29, 0.717) is 17.7 Å². The SMILES string of the molecule is CCOC(=O)c1coc([C@@]2([C@H](O)c3ccc(F)c(Cl)c3)CC[C@H](N(Cc3ccc(OC)cc3)S(C)(=O)=O)C2)n1. The van der Waals surface area contributed by atoms with E-state index in [0.717, 1.165) is 24.1 Å². The van der Waals surface area contributed by atoms with Crippen LogP contribution in [-0.2, 0) is 26.7 Å². The highest BCUT2D eigenvalue weighted by Gasteiger charge is 2.52. The van der Waals surface area contributed by atoms with E-state index < -0.39 is 39.4 Å². The average Bonchev–Trinajstić information content (AvgIpc) is 3.57. The molecule has 1 aliphatic rings. The molecule has 2 aromatic carbocycles. The highest BCUT2D eigenvalue weighted by Crippen LogP contribution is 2.51. The minimum atomic E-state index is -3.69. The van der Waals surface area contributed by atoms with E-state index in [9.17, 15) is 22.7 Å². The Balaban J connectivity index is 1.73. The van der Waals surface area contributed by atoms with Crippen LogP contribution in [0.15, 0.2) is 53.1 Å². The van der Waals surface area contributed by atoms with Gasteiger partial charge in [0.15, 0.2) is 5.69 Å². The van der Waals surface area contributed by atoms with Gasteiger partial charge in [-0.05, 0) is 61.6 Å². The molecule has 1 heterocycles. The molecule has 0 aliphatic heterocycles. The largest absolute Gasteiger partial charge is 0.497 e. The average molecular weight is 581 g/mol. The molecule has 0 spiro atoms. The lowest BCUT2D eigenvalue weighted by atomic mass is 9.76. The zero-order valence-corrected chi connectivity index (χ0v) is 23.3. The van der Waals surface area contributed by atoms with Gasteiger partial charge in [0.1, 0.15) is 17.8 Å². The van der Waals surface area contributed by atoms with Crippen LogP contribution in [-0.4, -0.2) is 54.8 Å². The Bertz CT molecular complexity index is 1430. The Morgan fingerprint density at radius 1 is 1.31 bits per heavy atom. The first-order valence-electron chi connectivity index (χ1n) is 12.3. The summed E-state index contributed by atoms with van der Waals surface area (Å²) >= 11 is 6.00. The maximum Gasteiger partial charge on any atom is 0.360 e. The fourth-order valence-corrected chi connectivity index (χ4v) is 6.38. The number of hydrogen-bond acceptors (Lipinski definition) is 8. The van der Waals surface area contributed by atoms with E-state index in [-0.39, 0.29) is 42.6 Å². The van der Waals surface area contributed by atoms with Crippen LogP contribution in [0.4, 0.5) is 4.39 Å². The summed E-state index contributed by atoms with van der Waals surface area (Å²) in [7, 11) is -2.14. The molecule has 3 aromatic rings. The molecule has 39 heavy (non-hydrogen) atoms. The number of halogens is 2. The van der Waals surface area contributed by atoms with Gasteiger partial charge < -0.3 is 19.0 Å². The molecule has 1 fully saturated rings. The highest BCUT2D eigenvalue weighted by atomic mass is 35.5. The molecule has 1 N–H and O–H groups in total. The second-order valence-electron chi connectivity index (χ2n) is 9.54. The summed E-state index contributed by atoms with van der Waals surface area (Å²) in [5, 5.41) is 11.5. The Labute approximate surface area is 231 Å². The fourth-order valence-electron chi connectivity index (χ4n) is 5.08. The third kappa shape index (κ3) is 6.11. The van der Waals surface area contributed by atoms with Crippen LogP contribution in [0.2, 0.25) is 5.02 Å². The lowest BCUT2D eigenvalue weighted by Gasteiger charge is -2.33. The lowest BCUT2D eigenvalue weighted by Crippen LogP contribution is -2.40. The summed E-state index contributed by atoms with van der Waals surface area (Å²) in [6.07, 6.45) is 1.75. The summed E-state index contributed by atoms with van der Waals surface area (Å²) in [6.45, 7) is 1.90. The molecule has 12 heteroatoms. The third-order valence-corrected chi connectivity index (χ3v) is 8.62. The van der Waals surface area contributed by atoms with Gasteiger partial charge in [-0.15, -0.1) is 0 Å². The number of hydrogen-bond donors (Lipinski definition) is 1. The second kappa shape index (κ2) is 11.6. The summed E-state index contributed by atoms with van der Waals surface area (Å²) < 4.78 is 57.1. The predicted octanol–water partition coefficient (Wildman–Crippen LogP) is 4.64. The number of methoxy groups -OCH3 is 1. The van der Waals surface area contributed by atoms with Crippen molar-refractivity contribution < 1.29 is 36.6 Å². The first kappa shape index (κ1) is 29.0. The molecular weight excluding hydrogens is 551 g/mol. The number of nitrogens with zero attached hydrogens (tertiary/aromatic N) is 2. The van der Waals surface area contributed by atoms with Gasteiger partial charge in [0, 0.05) is 12.6 Å². The number of aliphatic hydroxyl groups excluding tert-OH is 1. The molecule has 0 radical (unpaired) electrons. The first-order chi connectivity index (χ1) is 18.5. The molecule has 4 rings (SSSR count). The van der Waals surface area contributed by atoms with E-state index >= 15 is 0 Å². The molecule has 0 unspecified atom stereocenters. The molecule has 0 bridgehead atoms. The Morgan fingerprint density at radius 3 is 2.64 bits per heavy atom. The fraction of sp³-hybridized carbons (Fsp3) is 0.407. The smallest absolute Gasteiger partial charge is 0.360 e. The third-order valence-electron chi connectivity index (χ3n) is 7.05.